The molecule has 2 saturated heterocycles. The summed E-state index contributed by atoms with van der Waals surface area (Å²) < 4.78 is 0. The Morgan fingerprint density at radius 3 is 2.52 bits per heavy atom. The van der Waals surface area contributed by atoms with Gasteiger partial charge in [0.15, 0.2) is 0 Å². The summed E-state index contributed by atoms with van der Waals surface area (Å²) in [6, 6.07) is 0.798. The third-order valence-corrected chi connectivity index (χ3v) is 6.39. The first-order valence-electron chi connectivity index (χ1n) is 8.37. The molecule has 0 atom stereocenters. The molecule has 3 aliphatic rings. The summed E-state index contributed by atoms with van der Waals surface area (Å²) in [7, 11) is 0. The van der Waals surface area contributed by atoms with Gasteiger partial charge in [0.1, 0.15) is 10.6 Å². The molecule has 3 heterocycles. The summed E-state index contributed by atoms with van der Waals surface area (Å²) in [5, 5.41) is 14.2. The number of aromatic nitrogens is 1. The van der Waals surface area contributed by atoms with E-state index in [1.54, 1.807) is 11.3 Å². The van der Waals surface area contributed by atoms with Crippen molar-refractivity contribution in [3.05, 3.63) is 16.1 Å². The van der Waals surface area contributed by atoms with E-state index in [2.05, 4.69) is 15.2 Å². The molecule has 3 fully saturated rings. The average Bonchev–Trinajstić information content (AvgIpc) is 2.84. The van der Waals surface area contributed by atoms with Crippen molar-refractivity contribution >= 4 is 11.3 Å². The van der Waals surface area contributed by atoms with E-state index in [9.17, 15) is 5.11 Å². The van der Waals surface area contributed by atoms with Crippen LogP contribution in [0.2, 0.25) is 0 Å². The van der Waals surface area contributed by atoms with E-state index in [0.717, 1.165) is 44.2 Å². The summed E-state index contributed by atoms with van der Waals surface area (Å²) in [6.45, 7) is 5.43. The van der Waals surface area contributed by atoms with Crippen molar-refractivity contribution < 1.29 is 5.11 Å². The molecule has 0 aromatic carbocycles. The van der Waals surface area contributed by atoms with Crippen LogP contribution >= 0.6 is 11.3 Å². The third-order valence-electron chi connectivity index (χ3n) is 5.55. The zero-order valence-electron chi connectivity index (χ0n) is 12.6. The topological polar surface area (TPSA) is 39.6 Å². The zero-order valence-corrected chi connectivity index (χ0v) is 13.4. The molecule has 4 nitrogen and oxygen atoms in total. The van der Waals surface area contributed by atoms with E-state index >= 15 is 0 Å². The first-order chi connectivity index (χ1) is 10.2. The summed E-state index contributed by atoms with van der Waals surface area (Å²) in [4.78, 5) is 9.74. The average molecular weight is 307 g/mol. The summed E-state index contributed by atoms with van der Waals surface area (Å²) in [5.74, 6) is 0. The maximum Gasteiger partial charge on any atom is 0.110 e. The molecule has 21 heavy (non-hydrogen) atoms. The summed E-state index contributed by atoms with van der Waals surface area (Å²) >= 11 is 1.72. The molecule has 0 spiro atoms. The van der Waals surface area contributed by atoms with Crippen molar-refractivity contribution in [3.8, 4) is 0 Å². The fourth-order valence-corrected chi connectivity index (χ4v) is 4.52. The lowest BCUT2D eigenvalue weighted by Gasteiger charge is -2.44. The standard InChI is InChI=1S/C16H25N3OS/c20-16(5-9-19(10-6-16)13-3-1-4-13)14-12-21-15(17-14)11-18-7-2-8-18/h12-13,20H,1-11H2. The number of aliphatic hydroxyl groups is 1. The van der Waals surface area contributed by atoms with Gasteiger partial charge in [0.05, 0.1) is 12.2 Å². The largest absolute Gasteiger partial charge is 0.383 e. The van der Waals surface area contributed by atoms with E-state index < -0.39 is 5.60 Å². The summed E-state index contributed by atoms with van der Waals surface area (Å²) in [6.07, 6.45) is 7.10. The van der Waals surface area contributed by atoms with Gasteiger partial charge >= 0.3 is 0 Å². The minimum absolute atomic E-state index is 0.677. The molecular formula is C16H25N3OS. The van der Waals surface area contributed by atoms with Gasteiger partial charge in [0.2, 0.25) is 0 Å². The molecule has 1 N–H and O–H groups in total. The number of rotatable bonds is 4. The van der Waals surface area contributed by atoms with Crippen LogP contribution < -0.4 is 0 Å². The first-order valence-corrected chi connectivity index (χ1v) is 9.25. The lowest BCUT2D eigenvalue weighted by molar-refractivity contribution is -0.0468. The van der Waals surface area contributed by atoms with Crippen molar-refractivity contribution in [3.63, 3.8) is 0 Å². The van der Waals surface area contributed by atoms with E-state index in [-0.39, 0.29) is 0 Å². The van der Waals surface area contributed by atoms with Crippen LogP contribution in [-0.4, -0.2) is 52.1 Å². The summed E-state index contributed by atoms with van der Waals surface area (Å²) in [5.41, 5.74) is 0.250. The van der Waals surface area contributed by atoms with Crippen LogP contribution in [0.4, 0.5) is 0 Å². The third kappa shape index (κ3) is 2.77. The lowest BCUT2D eigenvalue weighted by Crippen LogP contribution is -2.49. The number of piperidine rings is 1. The molecule has 5 heteroatoms. The number of hydrogen-bond acceptors (Lipinski definition) is 5. The Bertz CT molecular complexity index is 487. The molecule has 1 saturated carbocycles. The van der Waals surface area contributed by atoms with Crippen molar-refractivity contribution in [1.82, 2.24) is 14.8 Å². The van der Waals surface area contributed by atoms with Crippen LogP contribution in [-0.2, 0) is 12.1 Å². The van der Waals surface area contributed by atoms with Gasteiger partial charge in [-0.05, 0) is 45.2 Å². The molecule has 4 rings (SSSR count). The second-order valence-corrected chi connectivity index (χ2v) is 7.85. The van der Waals surface area contributed by atoms with E-state index in [1.165, 1.54) is 43.8 Å². The second kappa shape index (κ2) is 5.61. The van der Waals surface area contributed by atoms with Gasteiger partial charge in [-0.3, -0.25) is 4.90 Å². The van der Waals surface area contributed by atoms with Crippen molar-refractivity contribution in [2.24, 2.45) is 0 Å². The Kier molecular flexibility index (Phi) is 3.78. The van der Waals surface area contributed by atoms with Crippen LogP contribution in [0.15, 0.2) is 5.38 Å². The fraction of sp³-hybridized carbons (Fsp3) is 0.812. The molecule has 1 aromatic heterocycles. The molecule has 1 aliphatic carbocycles. The monoisotopic (exact) mass is 307 g/mol. The Morgan fingerprint density at radius 2 is 1.95 bits per heavy atom. The Hall–Kier alpha value is -0.490. The van der Waals surface area contributed by atoms with Gasteiger partial charge in [-0.25, -0.2) is 4.98 Å². The van der Waals surface area contributed by atoms with Crippen molar-refractivity contribution in [1.29, 1.82) is 0 Å². The number of hydrogen-bond donors (Lipinski definition) is 1. The van der Waals surface area contributed by atoms with Crippen LogP contribution in [0.3, 0.4) is 0 Å². The quantitative estimate of drug-likeness (QED) is 0.925. The van der Waals surface area contributed by atoms with Crippen LogP contribution in [0.25, 0.3) is 0 Å². The highest BCUT2D eigenvalue weighted by Gasteiger charge is 2.38. The molecule has 0 bridgehead atoms. The molecule has 0 unspecified atom stereocenters. The molecule has 0 amide bonds. The number of likely N-dealkylation sites (tertiary alicyclic amines) is 2. The molecular weight excluding hydrogens is 282 g/mol. The Labute approximate surface area is 130 Å². The second-order valence-electron chi connectivity index (χ2n) is 6.91. The maximum atomic E-state index is 11.0. The Morgan fingerprint density at radius 1 is 1.19 bits per heavy atom. The number of nitrogens with zero attached hydrogens (tertiary/aromatic N) is 3. The van der Waals surface area contributed by atoms with Gasteiger partial charge in [0, 0.05) is 24.5 Å². The SMILES string of the molecule is OC1(c2csc(CN3CCC3)n2)CCN(C2CCC2)CC1. The van der Waals surface area contributed by atoms with Gasteiger partial charge in [0.25, 0.3) is 0 Å². The van der Waals surface area contributed by atoms with E-state index in [4.69, 9.17) is 4.98 Å². The molecule has 2 aliphatic heterocycles. The highest BCUT2D eigenvalue weighted by molar-refractivity contribution is 7.09. The molecule has 0 radical (unpaired) electrons. The molecule has 116 valence electrons. The van der Waals surface area contributed by atoms with Crippen molar-refractivity contribution in [2.75, 3.05) is 26.2 Å². The van der Waals surface area contributed by atoms with Crippen LogP contribution in [0.5, 0.6) is 0 Å². The van der Waals surface area contributed by atoms with E-state index in [0.29, 0.717) is 0 Å². The van der Waals surface area contributed by atoms with Crippen LogP contribution in [0.1, 0.15) is 49.2 Å². The number of thiazole rings is 1. The highest BCUT2D eigenvalue weighted by Crippen LogP contribution is 2.36. The van der Waals surface area contributed by atoms with Crippen molar-refractivity contribution in [2.45, 2.75) is 56.7 Å². The van der Waals surface area contributed by atoms with Gasteiger partial charge in [-0.15, -0.1) is 11.3 Å². The minimum Gasteiger partial charge on any atom is -0.383 e. The zero-order chi connectivity index (χ0) is 14.3. The van der Waals surface area contributed by atoms with E-state index in [1.807, 2.05) is 0 Å². The Balaban J connectivity index is 1.38. The predicted molar refractivity (Wildman–Crippen MR) is 84.4 cm³/mol. The lowest BCUT2D eigenvalue weighted by atomic mass is 9.84. The van der Waals surface area contributed by atoms with Gasteiger partial charge in [-0.1, -0.05) is 6.42 Å². The molecule has 1 aromatic rings. The first kappa shape index (κ1) is 14.1. The van der Waals surface area contributed by atoms with Crippen LogP contribution in [0, 0.1) is 0 Å². The normalized spacial score (nSPS) is 27.3. The highest BCUT2D eigenvalue weighted by atomic mass is 32.1. The smallest absolute Gasteiger partial charge is 0.110 e. The minimum atomic E-state index is -0.677. The van der Waals surface area contributed by atoms with Gasteiger partial charge < -0.3 is 10.0 Å². The predicted octanol–water partition coefficient (Wildman–Crippen LogP) is 2.18. The fourth-order valence-electron chi connectivity index (χ4n) is 3.60. The maximum absolute atomic E-state index is 11.0. The van der Waals surface area contributed by atoms with Gasteiger partial charge in [-0.2, -0.15) is 0 Å².